The van der Waals surface area contributed by atoms with Gasteiger partial charge in [0.25, 0.3) is 0 Å². The molecule has 0 aliphatic carbocycles. The van der Waals surface area contributed by atoms with Crippen molar-refractivity contribution in [2.75, 3.05) is 32.1 Å². The second-order valence-electron chi connectivity index (χ2n) is 6.80. The van der Waals surface area contributed by atoms with E-state index in [1.165, 1.54) is 12.1 Å². The Balaban J connectivity index is 1.56. The third-order valence-corrected chi connectivity index (χ3v) is 4.87. The highest BCUT2D eigenvalue weighted by atomic mass is 19.1. The highest BCUT2D eigenvalue weighted by Gasteiger charge is 2.25. The zero-order valence-corrected chi connectivity index (χ0v) is 16.2. The lowest BCUT2D eigenvalue weighted by molar-refractivity contribution is 0.184. The first-order chi connectivity index (χ1) is 13.6. The lowest BCUT2D eigenvalue weighted by atomic mass is 10.1. The number of rotatable bonds is 6. The Morgan fingerprint density at radius 2 is 2.00 bits per heavy atom. The number of nitrogens with one attached hydrogen (secondary N) is 2. The molecule has 0 aromatic heterocycles. The summed E-state index contributed by atoms with van der Waals surface area (Å²) in [7, 11) is 3.41. The molecule has 28 heavy (non-hydrogen) atoms. The number of benzene rings is 2. The van der Waals surface area contributed by atoms with Crippen molar-refractivity contribution < 1.29 is 13.5 Å². The molecule has 1 saturated heterocycles. The van der Waals surface area contributed by atoms with E-state index in [0.29, 0.717) is 37.9 Å². The van der Waals surface area contributed by atoms with E-state index in [4.69, 9.17) is 4.74 Å². The van der Waals surface area contributed by atoms with E-state index in [-0.39, 0.29) is 6.04 Å². The minimum atomic E-state index is -0.562. The van der Waals surface area contributed by atoms with Crippen molar-refractivity contribution in [3.8, 4) is 0 Å². The van der Waals surface area contributed by atoms with Crippen molar-refractivity contribution >= 4 is 11.6 Å². The number of anilines is 1. The van der Waals surface area contributed by atoms with E-state index in [0.717, 1.165) is 23.6 Å². The predicted molar refractivity (Wildman–Crippen MR) is 107 cm³/mol. The van der Waals surface area contributed by atoms with E-state index in [1.807, 2.05) is 23.1 Å². The number of ether oxygens (including phenoxy) is 1. The maximum atomic E-state index is 14.0. The molecular weight excluding hydrogens is 362 g/mol. The molecule has 3 rings (SSSR count). The Labute approximate surface area is 164 Å². The zero-order chi connectivity index (χ0) is 19.9. The molecule has 1 aliphatic rings. The fraction of sp³-hybridized carbons (Fsp3) is 0.381. The number of aliphatic imine (C=N–C) groups is 1. The molecule has 5 nitrogen and oxygen atoms in total. The van der Waals surface area contributed by atoms with Crippen LogP contribution < -0.4 is 15.5 Å². The van der Waals surface area contributed by atoms with Gasteiger partial charge >= 0.3 is 0 Å². The molecule has 0 bridgehead atoms. The van der Waals surface area contributed by atoms with E-state index in [1.54, 1.807) is 14.2 Å². The summed E-state index contributed by atoms with van der Waals surface area (Å²) in [5, 5.41) is 6.71. The molecule has 2 aromatic rings. The quantitative estimate of drug-likeness (QED) is 0.590. The number of nitrogens with zero attached hydrogens (tertiary/aromatic N) is 2. The van der Waals surface area contributed by atoms with Crippen LogP contribution in [0.1, 0.15) is 17.5 Å². The van der Waals surface area contributed by atoms with Gasteiger partial charge in [-0.15, -0.1) is 0 Å². The van der Waals surface area contributed by atoms with E-state index >= 15 is 0 Å². The molecular formula is C21H26F2N4O. The minimum absolute atomic E-state index is 0.130. The first kappa shape index (κ1) is 20.1. The SMILES string of the molecule is CN=C(NCc1ccccc1COC)NC1CCN(c2ccc(F)cc2F)C1. The van der Waals surface area contributed by atoms with Gasteiger partial charge in [0.05, 0.1) is 12.3 Å². The molecule has 7 heteroatoms. The van der Waals surface area contributed by atoms with Gasteiger partial charge in [0.1, 0.15) is 11.6 Å². The van der Waals surface area contributed by atoms with Crippen molar-refractivity contribution in [3.05, 3.63) is 65.2 Å². The Morgan fingerprint density at radius 3 is 2.71 bits per heavy atom. The van der Waals surface area contributed by atoms with Crippen LogP contribution in [0.15, 0.2) is 47.5 Å². The standard InChI is InChI=1S/C21H26F2N4O/c1-24-21(25-12-15-5-3-4-6-16(15)14-28-2)26-18-9-10-27(13-18)20-8-7-17(22)11-19(20)23/h3-8,11,18H,9-10,12-14H2,1-2H3,(H2,24,25,26). The maximum Gasteiger partial charge on any atom is 0.191 e. The summed E-state index contributed by atoms with van der Waals surface area (Å²) in [4.78, 5) is 6.21. The van der Waals surface area contributed by atoms with Crippen LogP contribution >= 0.6 is 0 Å². The molecule has 0 amide bonds. The second kappa shape index (κ2) is 9.50. The maximum absolute atomic E-state index is 14.0. The number of methoxy groups -OCH3 is 1. The molecule has 1 heterocycles. The zero-order valence-electron chi connectivity index (χ0n) is 16.2. The van der Waals surface area contributed by atoms with Crippen molar-refractivity contribution in [2.24, 2.45) is 4.99 Å². The van der Waals surface area contributed by atoms with Crippen molar-refractivity contribution in [1.29, 1.82) is 0 Å². The van der Waals surface area contributed by atoms with E-state index in [9.17, 15) is 8.78 Å². The van der Waals surface area contributed by atoms with Gasteiger partial charge in [0.2, 0.25) is 0 Å². The summed E-state index contributed by atoms with van der Waals surface area (Å²) in [5.74, 6) is -0.398. The van der Waals surface area contributed by atoms with Crippen LogP contribution in [-0.4, -0.2) is 39.2 Å². The van der Waals surface area contributed by atoms with Crippen LogP contribution in [0, 0.1) is 11.6 Å². The number of halogens is 2. The van der Waals surface area contributed by atoms with E-state index < -0.39 is 11.6 Å². The molecule has 1 unspecified atom stereocenters. The van der Waals surface area contributed by atoms with Gasteiger partial charge in [0.15, 0.2) is 5.96 Å². The van der Waals surface area contributed by atoms with Gasteiger partial charge in [0, 0.05) is 45.9 Å². The predicted octanol–water partition coefficient (Wildman–Crippen LogP) is 3.06. The third kappa shape index (κ3) is 4.98. The summed E-state index contributed by atoms with van der Waals surface area (Å²) >= 11 is 0. The lowest BCUT2D eigenvalue weighted by Crippen LogP contribution is -2.44. The smallest absolute Gasteiger partial charge is 0.191 e. The molecule has 0 radical (unpaired) electrons. The molecule has 150 valence electrons. The summed E-state index contributed by atoms with van der Waals surface area (Å²) in [5.41, 5.74) is 2.71. The number of hydrogen-bond donors (Lipinski definition) is 2. The second-order valence-corrected chi connectivity index (χ2v) is 6.80. The van der Waals surface area contributed by atoms with E-state index in [2.05, 4.69) is 21.7 Å². The Bertz CT molecular complexity index is 828. The molecule has 2 N–H and O–H groups in total. The first-order valence-corrected chi connectivity index (χ1v) is 9.33. The molecule has 2 aromatic carbocycles. The number of guanidine groups is 1. The van der Waals surface area contributed by atoms with Crippen LogP contribution in [0.25, 0.3) is 0 Å². The average molecular weight is 388 g/mol. The molecule has 1 aliphatic heterocycles. The fourth-order valence-electron chi connectivity index (χ4n) is 3.43. The average Bonchev–Trinajstić information content (AvgIpc) is 3.14. The molecule has 0 spiro atoms. The molecule has 1 atom stereocenters. The van der Waals surface area contributed by atoms with Gasteiger partial charge in [-0.1, -0.05) is 24.3 Å². The Kier molecular flexibility index (Phi) is 6.81. The third-order valence-electron chi connectivity index (χ3n) is 4.87. The summed E-state index contributed by atoms with van der Waals surface area (Å²) < 4.78 is 32.4. The monoisotopic (exact) mass is 388 g/mol. The van der Waals surface area contributed by atoms with Gasteiger partial charge < -0.3 is 20.3 Å². The molecule has 0 saturated carbocycles. The minimum Gasteiger partial charge on any atom is -0.380 e. The van der Waals surface area contributed by atoms with Gasteiger partial charge in [-0.05, 0) is 29.7 Å². The summed E-state index contributed by atoms with van der Waals surface area (Å²) in [6, 6.07) is 11.9. The molecule has 1 fully saturated rings. The summed E-state index contributed by atoms with van der Waals surface area (Å²) in [6.07, 6.45) is 0.845. The topological polar surface area (TPSA) is 48.9 Å². The van der Waals surface area contributed by atoms with Crippen molar-refractivity contribution in [1.82, 2.24) is 10.6 Å². The van der Waals surface area contributed by atoms with Crippen LogP contribution in [0.5, 0.6) is 0 Å². The fourth-order valence-corrected chi connectivity index (χ4v) is 3.43. The van der Waals surface area contributed by atoms with Crippen molar-refractivity contribution in [2.45, 2.75) is 25.6 Å². The normalized spacial score (nSPS) is 17.1. The first-order valence-electron chi connectivity index (χ1n) is 9.33. The van der Waals surface area contributed by atoms with Crippen LogP contribution in [-0.2, 0) is 17.9 Å². The van der Waals surface area contributed by atoms with Crippen molar-refractivity contribution in [3.63, 3.8) is 0 Å². The highest BCUT2D eigenvalue weighted by molar-refractivity contribution is 5.80. The van der Waals surface area contributed by atoms with Gasteiger partial charge in [-0.3, -0.25) is 4.99 Å². The van der Waals surface area contributed by atoms with Crippen LogP contribution in [0.4, 0.5) is 14.5 Å². The Hall–Kier alpha value is -2.67. The largest absolute Gasteiger partial charge is 0.380 e. The van der Waals surface area contributed by atoms with Gasteiger partial charge in [-0.2, -0.15) is 0 Å². The lowest BCUT2D eigenvalue weighted by Gasteiger charge is -2.21. The van der Waals surface area contributed by atoms with Crippen LogP contribution in [0.3, 0.4) is 0 Å². The number of hydrogen-bond acceptors (Lipinski definition) is 3. The van der Waals surface area contributed by atoms with Crippen LogP contribution in [0.2, 0.25) is 0 Å². The van der Waals surface area contributed by atoms with Gasteiger partial charge in [-0.25, -0.2) is 8.78 Å². The Morgan fingerprint density at radius 1 is 1.21 bits per heavy atom. The summed E-state index contributed by atoms with van der Waals surface area (Å²) in [6.45, 7) is 2.52. The highest BCUT2D eigenvalue weighted by Crippen LogP contribution is 2.24.